The second-order valence-corrected chi connectivity index (χ2v) is 6.64. The van der Waals surface area contributed by atoms with Gasteiger partial charge in [-0.05, 0) is 25.8 Å². The third-order valence-electron chi connectivity index (χ3n) is 4.05. The minimum Gasteiger partial charge on any atom is -0.496 e. The Kier molecular flexibility index (Phi) is 8.02. The van der Waals surface area contributed by atoms with Crippen molar-refractivity contribution in [1.82, 2.24) is 4.90 Å². The van der Waals surface area contributed by atoms with Gasteiger partial charge < -0.3 is 14.2 Å². The summed E-state index contributed by atoms with van der Waals surface area (Å²) < 4.78 is 16.8. The third-order valence-corrected chi connectivity index (χ3v) is 4.61. The molecule has 134 valence electrons. The molecule has 0 bridgehead atoms. The first kappa shape index (κ1) is 19.2. The third kappa shape index (κ3) is 5.46. The predicted molar refractivity (Wildman–Crippen MR) is 97.6 cm³/mol. The molecule has 1 aromatic carbocycles. The molecule has 0 aliphatic carbocycles. The van der Waals surface area contributed by atoms with Gasteiger partial charge in [-0.1, -0.05) is 15.9 Å². The maximum Gasteiger partial charge on any atom is 0.163 e. The average molecular weight is 400 g/mol. The summed E-state index contributed by atoms with van der Waals surface area (Å²) in [4.78, 5) is 14.3. The molecule has 1 saturated heterocycles. The number of ether oxygens (including phenoxy) is 3. The van der Waals surface area contributed by atoms with Crippen LogP contribution in [0.15, 0.2) is 12.1 Å². The molecule has 6 heteroatoms. The SMILES string of the molecule is COc1cc(OCCCCBr)c(C(C)=O)cc1CN1CCOCC1. The minimum absolute atomic E-state index is 0.0105. The molecule has 5 nitrogen and oxygen atoms in total. The van der Waals surface area contributed by atoms with Crippen LogP contribution in [0.25, 0.3) is 0 Å². The van der Waals surface area contributed by atoms with Crippen molar-refractivity contribution in [2.75, 3.05) is 45.4 Å². The van der Waals surface area contributed by atoms with E-state index in [1.807, 2.05) is 12.1 Å². The monoisotopic (exact) mass is 399 g/mol. The Morgan fingerprint density at radius 3 is 2.62 bits per heavy atom. The number of unbranched alkanes of at least 4 members (excludes halogenated alkanes) is 1. The van der Waals surface area contributed by atoms with E-state index in [4.69, 9.17) is 14.2 Å². The van der Waals surface area contributed by atoms with Gasteiger partial charge in [0.15, 0.2) is 5.78 Å². The molecule has 1 heterocycles. The summed E-state index contributed by atoms with van der Waals surface area (Å²) in [5.74, 6) is 1.39. The van der Waals surface area contributed by atoms with Crippen LogP contribution in [0.5, 0.6) is 11.5 Å². The molecule has 0 N–H and O–H groups in total. The van der Waals surface area contributed by atoms with Crippen molar-refractivity contribution in [3.63, 3.8) is 0 Å². The first-order chi connectivity index (χ1) is 11.7. The van der Waals surface area contributed by atoms with Crippen LogP contribution in [0.4, 0.5) is 0 Å². The number of carbonyl (C=O) groups is 1. The summed E-state index contributed by atoms with van der Waals surface area (Å²) in [5.41, 5.74) is 1.63. The van der Waals surface area contributed by atoms with Crippen LogP contribution in [0.1, 0.15) is 35.7 Å². The number of methoxy groups -OCH3 is 1. The first-order valence-corrected chi connectivity index (χ1v) is 9.48. The van der Waals surface area contributed by atoms with Crippen molar-refractivity contribution in [3.8, 4) is 11.5 Å². The summed E-state index contributed by atoms with van der Waals surface area (Å²) >= 11 is 3.41. The predicted octanol–water partition coefficient (Wildman–Crippen LogP) is 3.28. The standard InChI is InChI=1S/C18H26BrNO4/c1-14(21)16-11-15(13-20-6-9-23-10-7-20)17(22-2)12-18(16)24-8-4-3-5-19/h11-12H,3-10,13H2,1-2H3. The zero-order valence-electron chi connectivity index (χ0n) is 14.5. The maximum absolute atomic E-state index is 12.0. The van der Waals surface area contributed by atoms with Crippen molar-refractivity contribution < 1.29 is 19.0 Å². The number of ketones is 1. The van der Waals surface area contributed by atoms with E-state index in [1.54, 1.807) is 14.0 Å². The molecular weight excluding hydrogens is 374 g/mol. The van der Waals surface area contributed by atoms with E-state index in [0.29, 0.717) is 17.9 Å². The molecule has 0 unspecified atom stereocenters. The summed E-state index contributed by atoms with van der Waals surface area (Å²) in [5, 5.41) is 0.956. The lowest BCUT2D eigenvalue weighted by Gasteiger charge is -2.27. The molecule has 1 aliphatic heterocycles. The fraction of sp³-hybridized carbons (Fsp3) is 0.611. The number of alkyl halides is 1. The van der Waals surface area contributed by atoms with Crippen LogP contribution in [0.3, 0.4) is 0 Å². The zero-order valence-corrected chi connectivity index (χ0v) is 16.1. The number of benzene rings is 1. The summed E-state index contributed by atoms with van der Waals surface area (Å²) in [6.45, 7) is 6.19. The summed E-state index contributed by atoms with van der Waals surface area (Å²) in [6, 6.07) is 3.76. The van der Waals surface area contributed by atoms with Crippen LogP contribution in [-0.2, 0) is 11.3 Å². The van der Waals surface area contributed by atoms with Gasteiger partial charge in [-0.15, -0.1) is 0 Å². The molecule has 0 radical (unpaired) electrons. The Balaban J connectivity index is 2.17. The number of morpholine rings is 1. The molecular formula is C18H26BrNO4. The second-order valence-electron chi connectivity index (χ2n) is 5.85. The molecule has 1 fully saturated rings. The van der Waals surface area contributed by atoms with E-state index < -0.39 is 0 Å². The van der Waals surface area contributed by atoms with Gasteiger partial charge in [0.05, 0.1) is 32.5 Å². The highest BCUT2D eigenvalue weighted by molar-refractivity contribution is 9.09. The number of halogens is 1. The molecule has 0 atom stereocenters. The van der Waals surface area contributed by atoms with Gasteiger partial charge in [0, 0.05) is 36.6 Å². The van der Waals surface area contributed by atoms with Gasteiger partial charge in [0.25, 0.3) is 0 Å². The van der Waals surface area contributed by atoms with Crippen molar-refractivity contribution in [1.29, 1.82) is 0 Å². The lowest BCUT2D eigenvalue weighted by Crippen LogP contribution is -2.35. The Labute approximate surface area is 152 Å². The number of nitrogens with zero attached hydrogens (tertiary/aromatic N) is 1. The normalized spacial score (nSPS) is 15.3. The topological polar surface area (TPSA) is 48.0 Å². The zero-order chi connectivity index (χ0) is 17.4. The average Bonchev–Trinajstić information content (AvgIpc) is 2.60. The maximum atomic E-state index is 12.0. The number of carbonyl (C=O) groups excluding carboxylic acids is 1. The molecule has 1 aliphatic rings. The highest BCUT2D eigenvalue weighted by Gasteiger charge is 2.18. The lowest BCUT2D eigenvalue weighted by molar-refractivity contribution is 0.0338. The second kappa shape index (κ2) is 10.0. The molecule has 24 heavy (non-hydrogen) atoms. The van der Waals surface area contributed by atoms with Crippen LogP contribution in [0.2, 0.25) is 0 Å². The van der Waals surface area contributed by atoms with E-state index in [0.717, 1.165) is 62.3 Å². The van der Waals surface area contributed by atoms with Crippen LogP contribution in [0, 0.1) is 0 Å². The van der Waals surface area contributed by atoms with Crippen molar-refractivity contribution in [2.45, 2.75) is 26.3 Å². The largest absolute Gasteiger partial charge is 0.496 e. The number of hydrogen-bond donors (Lipinski definition) is 0. The molecule has 0 spiro atoms. The highest BCUT2D eigenvalue weighted by Crippen LogP contribution is 2.31. The van der Waals surface area contributed by atoms with E-state index in [9.17, 15) is 4.79 Å². The number of rotatable bonds is 9. The summed E-state index contributed by atoms with van der Waals surface area (Å²) in [6.07, 6.45) is 1.99. The highest BCUT2D eigenvalue weighted by atomic mass is 79.9. The fourth-order valence-corrected chi connectivity index (χ4v) is 3.09. The van der Waals surface area contributed by atoms with Crippen molar-refractivity contribution in [3.05, 3.63) is 23.3 Å². The van der Waals surface area contributed by atoms with Crippen LogP contribution in [-0.4, -0.2) is 56.0 Å². The number of hydrogen-bond acceptors (Lipinski definition) is 5. The van der Waals surface area contributed by atoms with E-state index >= 15 is 0 Å². The van der Waals surface area contributed by atoms with E-state index in [1.165, 1.54) is 0 Å². The van der Waals surface area contributed by atoms with Gasteiger partial charge in [-0.2, -0.15) is 0 Å². The Bertz CT molecular complexity index is 544. The van der Waals surface area contributed by atoms with Gasteiger partial charge >= 0.3 is 0 Å². The first-order valence-electron chi connectivity index (χ1n) is 8.36. The van der Waals surface area contributed by atoms with Gasteiger partial charge in [-0.3, -0.25) is 9.69 Å². The van der Waals surface area contributed by atoms with Gasteiger partial charge in [0.1, 0.15) is 11.5 Å². The van der Waals surface area contributed by atoms with E-state index in [-0.39, 0.29) is 5.78 Å². The Morgan fingerprint density at radius 1 is 1.25 bits per heavy atom. The van der Waals surface area contributed by atoms with Crippen LogP contribution >= 0.6 is 15.9 Å². The molecule has 0 aromatic heterocycles. The van der Waals surface area contributed by atoms with Crippen molar-refractivity contribution >= 4 is 21.7 Å². The molecule has 2 rings (SSSR count). The quantitative estimate of drug-likeness (QED) is 0.362. The Morgan fingerprint density at radius 2 is 2.00 bits per heavy atom. The smallest absolute Gasteiger partial charge is 0.163 e. The molecule has 0 amide bonds. The molecule has 0 saturated carbocycles. The van der Waals surface area contributed by atoms with Gasteiger partial charge in [-0.25, -0.2) is 0 Å². The fourth-order valence-electron chi connectivity index (χ4n) is 2.69. The van der Waals surface area contributed by atoms with Gasteiger partial charge in [0.2, 0.25) is 0 Å². The Hall–Kier alpha value is -1.11. The minimum atomic E-state index is 0.0105. The van der Waals surface area contributed by atoms with E-state index in [2.05, 4.69) is 20.8 Å². The van der Waals surface area contributed by atoms with Crippen LogP contribution < -0.4 is 9.47 Å². The lowest BCUT2D eigenvalue weighted by atomic mass is 10.0. The molecule has 1 aromatic rings. The summed E-state index contributed by atoms with van der Waals surface area (Å²) in [7, 11) is 1.65. The number of Topliss-reactive ketones (excluding diaryl/α,β-unsaturated/α-hetero) is 1. The van der Waals surface area contributed by atoms with Crippen molar-refractivity contribution in [2.24, 2.45) is 0 Å².